The van der Waals surface area contributed by atoms with E-state index in [1.165, 1.54) is 0 Å². The zero-order valence-electron chi connectivity index (χ0n) is 25.5. The number of hydrazine groups is 2. The maximum absolute atomic E-state index is 5.50. The van der Waals surface area contributed by atoms with Crippen LogP contribution in [0.3, 0.4) is 0 Å². The Morgan fingerprint density at radius 1 is 0.694 bits per heavy atom. The molecule has 0 amide bonds. The molecule has 6 aromatic heterocycles. The van der Waals surface area contributed by atoms with E-state index in [1.54, 1.807) is 28.9 Å². The van der Waals surface area contributed by atoms with Crippen LogP contribution in [0, 0.1) is 0 Å². The molecule has 0 atom stereocenters. The van der Waals surface area contributed by atoms with E-state index in [0.29, 0.717) is 5.69 Å². The van der Waals surface area contributed by atoms with Gasteiger partial charge in [-0.2, -0.15) is 10.2 Å². The highest BCUT2D eigenvalue weighted by Crippen LogP contribution is 2.59. The van der Waals surface area contributed by atoms with Gasteiger partial charge in [-0.15, -0.1) is 22.7 Å². The largest absolute Gasteiger partial charge is 0.364 e. The molecule has 49 heavy (non-hydrogen) atoms. The summed E-state index contributed by atoms with van der Waals surface area (Å²) in [6, 6.07) is 30.7. The minimum Gasteiger partial charge on any atom is -0.364 e. The summed E-state index contributed by atoms with van der Waals surface area (Å²) in [5.41, 5.74) is 12.0. The van der Waals surface area contributed by atoms with Crippen LogP contribution < -0.4 is 15.6 Å². The molecule has 0 radical (unpaired) electrons. The highest BCUT2D eigenvalue weighted by molar-refractivity contribution is 7.14. The predicted octanol–water partition coefficient (Wildman–Crippen LogP) is 9.58. The number of rotatable bonds is 6. The van der Waals surface area contributed by atoms with Gasteiger partial charge in [0.1, 0.15) is 27.7 Å². The highest BCUT2D eigenvalue weighted by Gasteiger charge is 2.41. The zero-order chi connectivity index (χ0) is 32.3. The van der Waals surface area contributed by atoms with E-state index in [-0.39, 0.29) is 0 Å². The number of para-hydroxylation sites is 1. The SMILES string of the molecule is c1csc(N2Nc3c(-c4ccon4)c(-c4nccs4)c(-c4cc[nH]n4)c(-c4nccc5ccccc45)c3N2c2ccc3ccccc3n2)c1. The summed E-state index contributed by atoms with van der Waals surface area (Å²) in [6.07, 6.45) is 7.12. The standard InChI is InChI=1S/C37H23N9OS2/c1-3-8-24-22(6-1)13-16-38-34(24)33-30(26-14-17-40-42-26)32(37-39-18-21-49-37)31(27-15-19-47-44-27)35-36(33)45(46(43-35)29-10-5-20-48-29)28-12-11-23-7-2-4-9-25(23)41-28/h1-21,43H,(H,40,42). The van der Waals surface area contributed by atoms with E-state index in [0.717, 1.165) is 82.5 Å². The topological polar surface area (TPSA) is 112 Å². The Morgan fingerprint density at radius 2 is 1.61 bits per heavy atom. The molecule has 9 aromatic rings. The molecule has 3 aromatic carbocycles. The van der Waals surface area contributed by atoms with Crippen LogP contribution in [-0.2, 0) is 0 Å². The van der Waals surface area contributed by atoms with E-state index < -0.39 is 0 Å². The fourth-order valence-electron chi connectivity index (χ4n) is 6.61. The molecule has 12 heteroatoms. The quantitative estimate of drug-likeness (QED) is 0.178. The lowest BCUT2D eigenvalue weighted by atomic mass is 9.86. The first-order valence-electron chi connectivity index (χ1n) is 15.5. The van der Waals surface area contributed by atoms with Crippen LogP contribution in [-0.4, -0.2) is 30.3 Å². The minimum absolute atomic E-state index is 0.655. The van der Waals surface area contributed by atoms with Crippen molar-refractivity contribution in [3.05, 3.63) is 127 Å². The number of pyridine rings is 2. The Kier molecular flexibility index (Phi) is 6.29. The van der Waals surface area contributed by atoms with Gasteiger partial charge in [0.15, 0.2) is 5.82 Å². The number of H-pyrrole nitrogens is 1. The van der Waals surface area contributed by atoms with Gasteiger partial charge in [0.05, 0.1) is 22.6 Å². The van der Waals surface area contributed by atoms with E-state index in [9.17, 15) is 0 Å². The van der Waals surface area contributed by atoms with Gasteiger partial charge in [0.2, 0.25) is 0 Å². The molecule has 10 nitrogen and oxygen atoms in total. The molecule has 1 aliphatic rings. The number of thiophene rings is 1. The van der Waals surface area contributed by atoms with Crippen molar-refractivity contribution in [2.45, 2.75) is 0 Å². The maximum atomic E-state index is 5.50. The number of fused-ring (bicyclic) bond motifs is 3. The first-order chi connectivity index (χ1) is 24.3. The zero-order valence-corrected chi connectivity index (χ0v) is 27.1. The van der Waals surface area contributed by atoms with E-state index in [4.69, 9.17) is 24.6 Å². The van der Waals surface area contributed by atoms with Crippen LogP contribution in [0.15, 0.2) is 131 Å². The second kappa shape index (κ2) is 11.1. The van der Waals surface area contributed by atoms with Crippen molar-refractivity contribution in [2.75, 3.05) is 15.6 Å². The normalized spacial score (nSPS) is 12.6. The molecule has 234 valence electrons. The lowest BCUT2D eigenvalue weighted by Crippen LogP contribution is -2.38. The van der Waals surface area contributed by atoms with Crippen LogP contribution in [0.25, 0.3) is 66.0 Å². The van der Waals surface area contributed by atoms with Crippen molar-refractivity contribution in [2.24, 2.45) is 0 Å². The molecule has 10 rings (SSSR count). The third kappa shape index (κ3) is 4.35. The van der Waals surface area contributed by atoms with Gasteiger partial charge in [0, 0.05) is 63.1 Å². The third-order valence-electron chi connectivity index (χ3n) is 8.63. The van der Waals surface area contributed by atoms with Gasteiger partial charge >= 0.3 is 0 Å². The number of nitrogens with zero attached hydrogens (tertiary/aromatic N) is 7. The number of hydrogen-bond acceptors (Lipinski definition) is 11. The van der Waals surface area contributed by atoms with E-state index in [2.05, 4.69) is 62.5 Å². The molecule has 0 saturated heterocycles. The lowest BCUT2D eigenvalue weighted by molar-refractivity contribution is 0.422. The summed E-state index contributed by atoms with van der Waals surface area (Å²) in [5.74, 6) is 0.723. The minimum atomic E-state index is 0.655. The fourth-order valence-corrected chi connectivity index (χ4v) is 7.99. The summed E-state index contributed by atoms with van der Waals surface area (Å²) >= 11 is 3.18. The number of benzene rings is 3. The first-order valence-corrected chi connectivity index (χ1v) is 17.2. The molecule has 0 saturated carbocycles. The molecule has 2 N–H and O–H groups in total. The van der Waals surface area contributed by atoms with Gasteiger partial charge in [-0.3, -0.25) is 15.5 Å². The number of anilines is 4. The van der Waals surface area contributed by atoms with Crippen molar-refractivity contribution in [1.29, 1.82) is 0 Å². The number of thiazole rings is 1. The second-order valence-corrected chi connectivity index (χ2v) is 13.2. The van der Waals surface area contributed by atoms with Crippen LogP contribution in [0.5, 0.6) is 0 Å². The third-order valence-corrected chi connectivity index (χ3v) is 10.3. The van der Waals surface area contributed by atoms with Gasteiger partial charge in [-0.1, -0.05) is 47.6 Å². The molecule has 0 fully saturated rings. The molecular weight excluding hydrogens is 651 g/mol. The number of aromatic amines is 1. The maximum Gasteiger partial charge on any atom is 0.154 e. The Labute approximate surface area is 286 Å². The molecule has 0 spiro atoms. The van der Waals surface area contributed by atoms with Crippen LogP contribution in [0.2, 0.25) is 0 Å². The van der Waals surface area contributed by atoms with Crippen molar-refractivity contribution < 1.29 is 4.52 Å². The van der Waals surface area contributed by atoms with Gasteiger partial charge in [-0.05, 0) is 53.2 Å². The van der Waals surface area contributed by atoms with Crippen molar-refractivity contribution in [3.63, 3.8) is 0 Å². The summed E-state index contributed by atoms with van der Waals surface area (Å²) in [7, 11) is 0. The molecule has 1 aliphatic heterocycles. The van der Waals surface area contributed by atoms with Crippen LogP contribution in [0.4, 0.5) is 22.2 Å². The number of hydrogen-bond donors (Lipinski definition) is 2. The summed E-state index contributed by atoms with van der Waals surface area (Å²) < 4.78 is 5.50. The summed E-state index contributed by atoms with van der Waals surface area (Å²) in [5, 5.41) is 25.5. The van der Waals surface area contributed by atoms with Gasteiger partial charge < -0.3 is 4.52 Å². The first kappa shape index (κ1) is 27.7. The van der Waals surface area contributed by atoms with Crippen molar-refractivity contribution in [3.8, 4) is 44.3 Å². The molecule has 0 unspecified atom stereocenters. The molecular formula is C37H23N9OS2. The van der Waals surface area contributed by atoms with Crippen LogP contribution in [0.1, 0.15) is 0 Å². The lowest BCUT2D eigenvalue weighted by Gasteiger charge is -2.30. The van der Waals surface area contributed by atoms with Crippen molar-refractivity contribution in [1.82, 2.24) is 30.3 Å². The van der Waals surface area contributed by atoms with Gasteiger partial charge in [0.25, 0.3) is 0 Å². The smallest absolute Gasteiger partial charge is 0.154 e. The highest BCUT2D eigenvalue weighted by atomic mass is 32.1. The molecule has 0 aliphatic carbocycles. The van der Waals surface area contributed by atoms with Crippen LogP contribution >= 0.6 is 22.7 Å². The predicted molar refractivity (Wildman–Crippen MR) is 196 cm³/mol. The van der Waals surface area contributed by atoms with E-state index in [1.807, 2.05) is 83.7 Å². The molecule has 7 heterocycles. The molecule has 0 bridgehead atoms. The summed E-state index contributed by atoms with van der Waals surface area (Å²) in [4.78, 5) is 15.2. The Morgan fingerprint density at radius 3 is 2.43 bits per heavy atom. The Bertz CT molecular complexity index is 2600. The van der Waals surface area contributed by atoms with E-state index >= 15 is 0 Å². The average molecular weight is 674 g/mol. The number of aromatic nitrogens is 6. The Balaban J connectivity index is 1.42. The number of nitrogens with one attached hydrogen (secondary N) is 2. The summed E-state index contributed by atoms with van der Waals surface area (Å²) in [6.45, 7) is 0. The monoisotopic (exact) mass is 673 g/mol. The average Bonchev–Trinajstić information content (AvgIpc) is 4.00. The van der Waals surface area contributed by atoms with Crippen molar-refractivity contribution >= 4 is 66.5 Å². The second-order valence-electron chi connectivity index (χ2n) is 11.3. The van der Waals surface area contributed by atoms with Gasteiger partial charge in [-0.25, -0.2) is 15.0 Å². The fraction of sp³-hybridized carbons (Fsp3) is 0. The Hall–Kier alpha value is -6.37.